The molecule has 1 aromatic rings. The summed E-state index contributed by atoms with van der Waals surface area (Å²) in [6.07, 6.45) is 3.21. The predicted octanol–water partition coefficient (Wildman–Crippen LogP) is 2.10. The van der Waals surface area contributed by atoms with Crippen molar-refractivity contribution in [1.82, 2.24) is 9.97 Å². The molecule has 1 N–H and O–H groups in total. The van der Waals surface area contributed by atoms with E-state index >= 15 is 0 Å². The molecular formula is C7H8BrN3. The zero-order valence-corrected chi connectivity index (χ0v) is 7.72. The second-order valence-corrected chi connectivity index (χ2v) is 2.79. The van der Waals surface area contributed by atoms with Crippen LogP contribution in [0.5, 0.6) is 0 Å². The molecule has 0 aliphatic carbocycles. The molecule has 0 aromatic carbocycles. The molecule has 1 rings (SSSR count). The Labute approximate surface area is 73.7 Å². The van der Waals surface area contributed by atoms with Crippen molar-refractivity contribution in [2.45, 2.75) is 6.92 Å². The van der Waals surface area contributed by atoms with E-state index in [-0.39, 0.29) is 0 Å². The molecule has 0 saturated heterocycles. The van der Waals surface area contributed by atoms with Crippen molar-refractivity contribution in [3.63, 3.8) is 0 Å². The Hall–Kier alpha value is -0.900. The number of halogens is 1. The Balaban J connectivity index is 2.98. The van der Waals surface area contributed by atoms with Gasteiger partial charge in [0, 0.05) is 0 Å². The molecular weight excluding hydrogens is 206 g/mol. The molecule has 0 spiro atoms. The van der Waals surface area contributed by atoms with Crippen LogP contribution < -0.4 is 5.32 Å². The first kappa shape index (κ1) is 8.20. The second-order valence-electron chi connectivity index (χ2n) is 1.98. The average Bonchev–Trinajstić information content (AvgIpc) is 1.95. The third kappa shape index (κ3) is 2.01. The highest BCUT2D eigenvalue weighted by atomic mass is 79.9. The number of hydrogen-bond donors (Lipinski definition) is 1. The molecule has 3 nitrogen and oxygen atoms in total. The number of nitrogens with zero attached hydrogens (tertiary/aromatic N) is 2. The van der Waals surface area contributed by atoms with Gasteiger partial charge in [0.25, 0.3) is 0 Å². The number of nitrogens with one attached hydrogen (secondary N) is 1. The molecule has 0 aliphatic rings. The smallest absolute Gasteiger partial charge is 0.151 e. The SMILES string of the molecule is C=CNc1ncc(Br)nc1C. The highest BCUT2D eigenvalue weighted by Gasteiger charge is 1.98. The van der Waals surface area contributed by atoms with Gasteiger partial charge < -0.3 is 5.32 Å². The Morgan fingerprint density at radius 3 is 3.00 bits per heavy atom. The maximum atomic E-state index is 4.14. The standard InChI is InChI=1S/C7H8BrN3/c1-3-9-7-5(2)11-6(8)4-10-7/h3-4H,1H2,2H3,(H,9,10). The lowest BCUT2D eigenvalue weighted by molar-refractivity contribution is 1.09. The van der Waals surface area contributed by atoms with Crippen LogP contribution in [0.2, 0.25) is 0 Å². The normalized spacial score (nSPS) is 9.27. The molecule has 0 amide bonds. The molecule has 0 unspecified atom stereocenters. The van der Waals surface area contributed by atoms with Crippen LogP contribution in [-0.4, -0.2) is 9.97 Å². The maximum Gasteiger partial charge on any atom is 0.151 e. The predicted molar refractivity (Wildman–Crippen MR) is 48.3 cm³/mol. The summed E-state index contributed by atoms with van der Waals surface area (Å²) in [5, 5.41) is 2.87. The van der Waals surface area contributed by atoms with Gasteiger partial charge in [-0.25, -0.2) is 9.97 Å². The molecule has 58 valence electrons. The van der Waals surface area contributed by atoms with Crippen LogP contribution in [-0.2, 0) is 0 Å². The van der Waals surface area contributed by atoms with Crippen LogP contribution in [0.4, 0.5) is 5.82 Å². The molecule has 1 heterocycles. The van der Waals surface area contributed by atoms with Gasteiger partial charge in [-0.15, -0.1) is 0 Å². The van der Waals surface area contributed by atoms with Gasteiger partial charge in [0.2, 0.25) is 0 Å². The first-order valence-corrected chi connectivity index (χ1v) is 3.90. The van der Waals surface area contributed by atoms with Gasteiger partial charge in [0.05, 0.1) is 11.9 Å². The van der Waals surface area contributed by atoms with E-state index in [4.69, 9.17) is 0 Å². The minimum Gasteiger partial charge on any atom is -0.346 e. The summed E-state index contributed by atoms with van der Waals surface area (Å²) >= 11 is 3.22. The molecule has 0 aliphatic heterocycles. The zero-order chi connectivity index (χ0) is 8.27. The third-order valence-corrected chi connectivity index (χ3v) is 1.54. The number of hydrogen-bond acceptors (Lipinski definition) is 3. The summed E-state index contributed by atoms with van der Waals surface area (Å²) in [6, 6.07) is 0. The first-order valence-electron chi connectivity index (χ1n) is 3.10. The van der Waals surface area contributed by atoms with E-state index in [1.807, 2.05) is 6.92 Å². The van der Waals surface area contributed by atoms with Crippen molar-refractivity contribution in [1.29, 1.82) is 0 Å². The summed E-state index contributed by atoms with van der Waals surface area (Å²) in [5.41, 5.74) is 0.847. The lowest BCUT2D eigenvalue weighted by atomic mass is 10.4. The van der Waals surface area contributed by atoms with E-state index in [9.17, 15) is 0 Å². The van der Waals surface area contributed by atoms with E-state index in [0.29, 0.717) is 0 Å². The summed E-state index contributed by atoms with van der Waals surface area (Å²) in [6.45, 7) is 5.41. The minimum absolute atomic E-state index is 0.739. The lowest BCUT2D eigenvalue weighted by Crippen LogP contribution is -1.96. The number of aromatic nitrogens is 2. The van der Waals surface area contributed by atoms with Crippen LogP contribution in [0, 0.1) is 6.92 Å². The molecule has 0 radical (unpaired) electrons. The topological polar surface area (TPSA) is 37.8 Å². The Morgan fingerprint density at radius 2 is 2.45 bits per heavy atom. The monoisotopic (exact) mass is 213 g/mol. The fourth-order valence-electron chi connectivity index (χ4n) is 0.692. The molecule has 0 bridgehead atoms. The van der Waals surface area contributed by atoms with Crippen molar-refractivity contribution < 1.29 is 0 Å². The quantitative estimate of drug-likeness (QED) is 0.819. The van der Waals surface area contributed by atoms with Crippen LogP contribution in [0.15, 0.2) is 23.6 Å². The Kier molecular flexibility index (Phi) is 2.59. The van der Waals surface area contributed by atoms with Crippen molar-refractivity contribution in [3.05, 3.63) is 29.3 Å². The highest BCUT2D eigenvalue weighted by Crippen LogP contribution is 2.11. The summed E-state index contributed by atoms with van der Waals surface area (Å²) in [4.78, 5) is 8.21. The fraction of sp³-hybridized carbons (Fsp3) is 0.143. The van der Waals surface area contributed by atoms with Crippen LogP contribution in [0.1, 0.15) is 5.69 Å². The summed E-state index contributed by atoms with van der Waals surface area (Å²) in [5.74, 6) is 0.739. The van der Waals surface area contributed by atoms with Crippen LogP contribution in [0.3, 0.4) is 0 Å². The van der Waals surface area contributed by atoms with Gasteiger partial charge in [-0.3, -0.25) is 0 Å². The molecule has 4 heteroatoms. The second kappa shape index (κ2) is 3.48. The number of aryl methyl sites for hydroxylation is 1. The van der Waals surface area contributed by atoms with Crippen molar-refractivity contribution >= 4 is 21.7 Å². The van der Waals surface area contributed by atoms with Gasteiger partial charge in [-0.05, 0) is 29.1 Å². The Morgan fingerprint density at radius 1 is 1.73 bits per heavy atom. The lowest BCUT2D eigenvalue weighted by Gasteiger charge is -2.01. The molecule has 0 saturated carbocycles. The van der Waals surface area contributed by atoms with Gasteiger partial charge in [-0.2, -0.15) is 0 Å². The Bertz CT molecular complexity index is 272. The molecule has 0 fully saturated rings. The number of rotatable bonds is 2. The molecule has 11 heavy (non-hydrogen) atoms. The summed E-state index contributed by atoms with van der Waals surface area (Å²) in [7, 11) is 0. The number of anilines is 1. The van der Waals surface area contributed by atoms with Gasteiger partial charge in [-0.1, -0.05) is 6.58 Å². The van der Waals surface area contributed by atoms with E-state index in [2.05, 4.69) is 37.8 Å². The van der Waals surface area contributed by atoms with E-state index < -0.39 is 0 Å². The van der Waals surface area contributed by atoms with Crippen molar-refractivity contribution in [2.24, 2.45) is 0 Å². The first-order chi connectivity index (χ1) is 5.24. The molecule has 1 aromatic heterocycles. The van der Waals surface area contributed by atoms with E-state index in [1.165, 1.54) is 0 Å². The van der Waals surface area contributed by atoms with E-state index in [0.717, 1.165) is 16.1 Å². The highest BCUT2D eigenvalue weighted by molar-refractivity contribution is 9.10. The average molecular weight is 214 g/mol. The van der Waals surface area contributed by atoms with E-state index in [1.54, 1.807) is 12.4 Å². The van der Waals surface area contributed by atoms with Gasteiger partial charge in [0.1, 0.15) is 4.60 Å². The van der Waals surface area contributed by atoms with Crippen LogP contribution >= 0.6 is 15.9 Å². The minimum atomic E-state index is 0.739. The zero-order valence-electron chi connectivity index (χ0n) is 6.13. The third-order valence-electron chi connectivity index (χ3n) is 1.16. The van der Waals surface area contributed by atoms with Crippen molar-refractivity contribution in [2.75, 3.05) is 5.32 Å². The van der Waals surface area contributed by atoms with Gasteiger partial charge >= 0.3 is 0 Å². The van der Waals surface area contributed by atoms with Crippen LogP contribution in [0.25, 0.3) is 0 Å². The summed E-state index contributed by atoms with van der Waals surface area (Å²) < 4.78 is 0.740. The fourth-order valence-corrected chi connectivity index (χ4v) is 1.06. The largest absolute Gasteiger partial charge is 0.346 e. The molecule has 0 atom stereocenters. The van der Waals surface area contributed by atoms with Gasteiger partial charge in [0.15, 0.2) is 5.82 Å². The van der Waals surface area contributed by atoms with Crippen molar-refractivity contribution in [3.8, 4) is 0 Å². The maximum absolute atomic E-state index is 4.14.